The van der Waals surface area contributed by atoms with Crippen molar-refractivity contribution in [3.63, 3.8) is 0 Å². The molecule has 1 aromatic rings. The lowest BCUT2D eigenvalue weighted by molar-refractivity contribution is -0.118. The van der Waals surface area contributed by atoms with Crippen LogP contribution in [0.25, 0.3) is 0 Å². The van der Waals surface area contributed by atoms with E-state index in [9.17, 15) is 4.79 Å². The average Bonchev–Trinajstić information content (AvgIpc) is 2.95. The Balaban J connectivity index is 0.00000132. The number of nitrogens with zero attached hydrogens (tertiary/aromatic N) is 3. The maximum Gasteiger partial charge on any atom is 0.229 e. The average molecular weight is 382 g/mol. The number of carbonyl (C=O) groups excluding carboxylic acids is 1. The van der Waals surface area contributed by atoms with Crippen LogP contribution in [0.4, 0.5) is 5.13 Å². The molecular formula is C14H25Cl2N5OS. The van der Waals surface area contributed by atoms with Gasteiger partial charge in [-0.05, 0) is 51.9 Å². The lowest BCUT2D eigenvalue weighted by Crippen LogP contribution is -2.31. The highest BCUT2D eigenvalue weighted by Gasteiger charge is 2.57. The van der Waals surface area contributed by atoms with Crippen LogP contribution in [0.15, 0.2) is 0 Å². The first-order valence-corrected chi connectivity index (χ1v) is 8.39. The Morgan fingerprint density at radius 3 is 2.70 bits per heavy atom. The van der Waals surface area contributed by atoms with Crippen molar-refractivity contribution in [3.05, 3.63) is 5.01 Å². The third-order valence-electron chi connectivity index (χ3n) is 4.58. The van der Waals surface area contributed by atoms with Gasteiger partial charge in [0, 0.05) is 18.9 Å². The molecule has 9 heteroatoms. The molecule has 0 radical (unpaired) electrons. The number of hydrogen-bond acceptors (Lipinski definition) is 6. The molecule has 1 saturated heterocycles. The molecule has 0 bridgehead atoms. The highest BCUT2D eigenvalue weighted by atomic mass is 35.5. The van der Waals surface area contributed by atoms with Gasteiger partial charge in [-0.1, -0.05) is 11.3 Å². The normalized spacial score (nSPS) is 21.4. The molecule has 2 N–H and O–H groups in total. The maximum atomic E-state index is 12.3. The molecule has 2 heterocycles. The van der Waals surface area contributed by atoms with E-state index in [1.54, 1.807) is 0 Å². The number of likely N-dealkylation sites (N-methyl/N-ethyl adjacent to an activating group) is 1. The van der Waals surface area contributed by atoms with Gasteiger partial charge in [-0.15, -0.1) is 35.0 Å². The topological polar surface area (TPSA) is 70.2 Å². The van der Waals surface area contributed by atoms with Crippen molar-refractivity contribution in [2.45, 2.75) is 25.7 Å². The fraction of sp³-hybridized carbons (Fsp3) is 0.786. The van der Waals surface area contributed by atoms with Crippen molar-refractivity contribution in [2.24, 2.45) is 11.3 Å². The highest BCUT2D eigenvalue weighted by Crippen LogP contribution is 2.58. The first-order valence-electron chi connectivity index (χ1n) is 7.58. The number of anilines is 1. The Labute approximate surface area is 153 Å². The molecule has 1 aromatic heterocycles. The van der Waals surface area contributed by atoms with Crippen molar-refractivity contribution in [1.29, 1.82) is 0 Å². The molecule has 1 unspecified atom stereocenters. The third-order valence-corrected chi connectivity index (χ3v) is 5.47. The molecule has 132 valence electrons. The summed E-state index contributed by atoms with van der Waals surface area (Å²) in [6, 6.07) is 0. The predicted molar refractivity (Wildman–Crippen MR) is 97.9 cm³/mol. The number of amides is 1. The summed E-state index contributed by atoms with van der Waals surface area (Å²) in [5.74, 6) is 0.306. The highest BCUT2D eigenvalue weighted by molar-refractivity contribution is 7.15. The molecule has 2 aliphatic rings. The van der Waals surface area contributed by atoms with Crippen molar-refractivity contribution < 1.29 is 4.79 Å². The van der Waals surface area contributed by atoms with Crippen molar-refractivity contribution >= 4 is 47.2 Å². The molecule has 1 amide bonds. The van der Waals surface area contributed by atoms with E-state index in [2.05, 4.69) is 25.7 Å². The van der Waals surface area contributed by atoms with Crippen molar-refractivity contribution in [3.8, 4) is 0 Å². The molecule has 2 fully saturated rings. The standard InChI is InChI=1S/C14H23N5OS.2ClH/c1-19(2)8-3-11-17-18-13(21-11)16-12(20)10-9-14(10)4-6-15-7-5-14;;/h10,15H,3-9H2,1-2H3,(H,16,18,20);2*1H. The number of piperidine rings is 1. The second-order valence-corrected chi connectivity index (χ2v) is 7.47. The first kappa shape index (κ1) is 20.6. The fourth-order valence-electron chi connectivity index (χ4n) is 3.11. The van der Waals surface area contributed by atoms with Crippen LogP contribution in [0.1, 0.15) is 24.3 Å². The molecular weight excluding hydrogens is 357 g/mol. The van der Waals surface area contributed by atoms with E-state index in [0.717, 1.165) is 50.3 Å². The Hall–Kier alpha value is -0.470. The smallest absolute Gasteiger partial charge is 0.229 e. The molecule has 3 rings (SSSR count). The van der Waals surface area contributed by atoms with Gasteiger partial charge in [0.1, 0.15) is 5.01 Å². The minimum atomic E-state index is 0. The molecule has 1 spiro atoms. The van der Waals surface area contributed by atoms with Gasteiger partial charge in [-0.25, -0.2) is 0 Å². The summed E-state index contributed by atoms with van der Waals surface area (Å²) >= 11 is 1.49. The Morgan fingerprint density at radius 1 is 1.35 bits per heavy atom. The minimum absolute atomic E-state index is 0. The summed E-state index contributed by atoms with van der Waals surface area (Å²) in [4.78, 5) is 14.4. The van der Waals surface area contributed by atoms with E-state index in [1.807, 2.05) is 14.1 Å². The summed E-state index contributed by atoms with van der Waals surface area (Å²) in [6.45, 7) is 3.02. The van der Waals surface area contributed by atoms with E-state index < -0.39 is 0 Å². The zero-order chi connectivity index (χ0) is 14.9. The van der Waals surface area contributed by atoms with Gasteiger partial charge in [0.05, 0.1) is 0 Å². The lowest BCUT2D eigenvalue weighted by atomic mass is 9.92. The number of nitrogens with one attached hydrogen (secondary N) is 2. The number of hydrogen-bond donors (Lipinski definition) is 2. The van der Waals surface area contributed by atoms with E-state index in [-0.39, 0.29) is 42.1 Å². The monoisotopic (exact) mass is 381 g/mol. The number of aromatic nitrogens is 2. The molecule has 6 nitrogen and oxygen atoms in total. The zero-order valence-electron chi connectivity index (χ0n) is 13.5. The number of halogens is 2. The zero-order valence-corrected chi connectivity index (χ0v) is 16.0. The van der Waals surface area contributed by atoms with Crippen LogP contribution < -0.4 is 10.6 Å². The van der Waals surface area contributed by atoms with Gasteiger partial charge < -0.3 is 15.5 Å². The minimum Gasteiger partial charge on any atom is -0.317 e. The van der Waals surface area contributed by atoms with Crippen molar-refractivity contribution in [1.82, 2.24) is 20.4 Å². The SMILES string of the molecule is CN(C)CCc1nnc(NC(=O)C2CC23CCNCC3)s1.Cl.Cl. The summed E-state index contributed by atoms with van der Waals surface area (Å²) in [5, 5.41) is 16.2. The van der Waals surface area contributed by atoms with Gasteiger partial charge >= 0.3 is 0 Å². The van der Waals surface area contributed by atoms with Crippen LogP contribution in [0.3, 0.4) is 0 Å². The van der Waals surface area contributed by atoms with Crippen LogP contribution in [0.5, 0.6) is 0 Å². The molecule has 1 atom stereocenters. The summed E-state index contributed by atoms with van der Waals surface area (Å²) < 4.78 is 0. The van der Waals surface area contributed by atoms with E-state index in [4.69, 9.17) is 0 Å². The molecule has 1 aliphatic carbocycles. The molecule has 1 aliphatic heterocycles. The number of rotatable bonds is 5. The number of carbonyl (C=O) groups is 1. The second-order valence-electron chi connectivity index (χ2n) is 6.41. The summed E-state index contributed by atoms with van der Waals surface area (Å²) in [6.07, 6.45) is 4.15. The van der Waals surface area contributed by atoms with E-state index >= 15 is 0 Å². The van der Waals surface area contributed by atoms with Crippen LogP contribution in [-0.2, 0) is 11.2 Å². The quantitative estimate of drug-likeness (QED) is 0.813. The van der Waals surface area contributed by atoms with E-state index in [0.29, 0.717) is 5.13 Å². The molecule has 23 heavy (non-hydrogen) atoms. The van der Waals surface area contributed by atoms with Gasteiger partial charge in [0.2, 0.25) is 11.0 Å². The lowest BCUT2D eigenvalue weighted by Gasteiger charge is -2.22. The van der Waals surface area contributed by atoms with Crippen LogP contribution in [-0.4, -0.2) is 54.7 Å². The Bertz CT molecular complexity index is 519. The van der Waals surface area contributed by atoms with Gasteiger partial charge in [-0.2, -0.15) is 0 Å². The van der Waals surface area contributed by atoms with Crippen LogP contribution in [0.2, 0.25) is 0 Å². The molecule has 1 saturated carbocycles. The van der Waals surface area contributed by atoms with E-state index in [1.165, 1.54) is 11.3 Å². The third kappa shape index (κ3) is 5.00. The van der Waals surface area contributed by atoms with Gasteiger partial charge in [0.25, 0.3) is 0 Å². The van der Waals surface area contributed by atoms with Gasteiger partial charge in [0.15, 0.2) is 0 Å². The van der Waals surface area contributed by atoms with Crippen molar-refractivity contribution in [2.75, 3.05) is 39.0 Å². The summed E-state index contributed by atoms with van der Waals surface area (Å²) in [7, 11) is 4.07. The van der Waals surface area contributed by atoms with Crippen LogP contribution >= 0.6 is 36.2 Å². The largest absolute Gasteiger partial charge is 0.317 e. The maximum absolute atomic E-state index is 12.3. The summed E-state index contributed by atoms with van der Waals surface area (Å²) in [5.41, 5.74) is 0.272. The second kappa shape index (κ2) is 8.58. The Kier molecular flexibility index (Phi) is 7.67. The fourth-order valence-corrected chi connectivity index (χ4v) is 3.84. The van der Waals surface area contributed by atoms with Gasteiger partial charge in [-0.3, -0.25) is 4.79 Å². The predicted octanol–water partition coefficient (Wildman–Crippen LogP) is 1.81. The molecule has 0 aromatic carbocycles. The van der Waals surface area contributed by atoms with Crippen LogP contribution in [0, 0.1) is 11.3 Å². The first-order chi connectivity index (χ1) is 10.1. The Morgan fingerprint density at radius 2 is 2.04 bits per heavy atom.